The summed E-state index contributed by atoms with van der Waals surface area (Å²) in [4.78, 5) is 11.9. The second-order valence-corrected chi connectivity index (χ2v) is 5.84. The monoisotopic (exact) mass is 316 g/mol. The number of carbonyl (C=O) groups excluding carboxylic acids is 1. The fourth-order valence-corrected chi connectivity index (χ4v) is 2.66. The normalized spacial score (nSPS) is 22.9. The van der Waals surface area contributed by atoms with E-state index in [4.69, 9.17) is 33.7 Å². The van der Waals surface area contributed by atoms with Gasteiger partial charge in [0, 0.05) is 11.1 Å². The molecule has 1 aromatic rings. The maximum atomic E-state index is 11.9. The van der Waals surface area contributed by atoms with Crippen LogP contribution in [-0.4, -0.2) is 18.2 Å². The molecular formula is C14H18Cl2N2O2. The van der Waals surface area contributed by atoms with Crippen LogP contribution in [0.15, 0.2) is 18.2 Å². The van der Waals surface area contributed by atoms with Gasteiger partial charge >= 0.3 is 6.09 Å². The van der Waals surface area contributed by atoms with Gasteiger partial charge in [-0.1, -0.05) is 36.0 Å². The van der Waals surface area contributed by atoms with E-state index in [1.165, 1.54) is 0 Å². The number of anilines is 1. The molecule has 6 heteroatoms. The number of nitrogens with one attached hydrogen (secondary N) is 1. The highest BCUT2D eigenvalue weighted by Gasteiger charge is 2.24. The van der Waals surface area contributed by atoms with Crippen LogP contribution in [0.25, 0.3) is 0 Å². The van der Waals surface area contributed by atoms with Crippen molar-refractivity contribution in [3.63, 3.8) is 0 Å². The first-order valence-electron chi connectivity index (χ1n) is 6.74. The minimum Gasteiger partial charge on any atom is -0.444 e. The van der Waals surface area contributed by atoms with E-state index in [2.05, 4.69) is 5.32 Å². The molecule has 0 spiro atoms. The van der Waals surface area contributed by atoms with Crippen LogP contribution in [0.1, 0.15) is 32.1 Å². The van der Waals surface area contributed by atoms with Crippen LogP contribution < -0.4 is 11.1 Å². The summed E-state index contributed by atoms with van der Waals surface area (Å²) in [6, 6.07) is 4.76. The first kappa shape index (κ1) is 15.4. The number of rotatable bonds is 2. The largest absolute Gasteiger partial charge is 0.444 e. The summed E-state index contributed by atoms with van der Waals surface area (Å²) < 4.78 is 5.41. The predicted octanol–water partition coefficient (Wildman–Crippen LogP) is 4.20. The van der Waals surface area contributed by atoms with Gasteiger partial charge in [-0.25, -0.2) is 4.79 Å². The number of amides is 1. The Morgan fingerprint density at radius 2 is 2.00 bits per heavy atom. The standard InChI is InChI=1S/C14H18Cl2N2O2/c15-9-6-7-10(16)12(8-9)18-14(19)20-13-5-3-1-2-4-11(13)17/h6-8,11,13H,1-5,17H2,(H,18,19). The highest BCUT2D eigenvalue weighted by atomic mass is 35.5. The quantitative estimate of drug-likeness (QED) is 0.803. The van der Waals surface area contributed by atoms with Crippen molar-refractivity contribution in [3.05, 3.63) is 28.2 Å². The first-order valence-corrected chi connectivity index (χ1v) is 7.50. The Morgan fingerprint density at radius 3 is 2.80 bits per heavy atom. The van der Waals surface area contributed by atoms with E-state index >= 15 is 0 Å². The number of nitrogens with two attached hydrogens (primary N) is 1. The van der Waals surface area contributed by atoms with Gasteiger partial charge in [0.25, 0.3) is 0 Å². The molecule has 0 aliphatic heterocycles. The summed E-state index contributed by atoms with van der Waals surface area (Å²) in [6.45, 7) is 0. The van der Waals surface area contributed by atoms with Gasteiger partial charge in [-0.3, -0.25) is 5.32 Å². The molecule has 0 radical (unpaired) electrons. The van der Waals surface area contributed by atoms with Crippen LogP contribution in [0.4, 0.5) is 10.5 Å². The van der Waals surface area contributed by atoms with Gasteiger partial charge in [-0.15, -0.1) is 0 Å². The van der Waals surface area contributed by atoms with E-state index in [1.807, 2.05) is 0 Å². The van der Waals surface area contributed by atoms with E-state index in [0.717, 1.165) is 32.1 Å². The highest BCUT2D eigenvalue weighted by molar-refractivity contribution is 6.35. The van der Waals surface area contributed by atoms with Crippen LogP contribution in [0.3, 0.4) is 0 Å². The smallest absolute Gasteiger partial charge is 0.411 e. The fourth-order valence-electron chi connectivity index (χ4n) is 2.32. The summed E-state index contributed by atoms with van der Waals surface area (Å²) in [5, 5.41) is 3.52. The van der Waals surface area contributed by atoms with Gasteiger partial charge in [0.2, 0.25) is 0 Å². The molecule has 2 unspecified atom stereocenters. The molecule has 1 amide bonds. The Bertz CT molecular complexity index is 482. The average Bonchev–Trinajstić information content (AvgIpc) is 2.59. The van der Waals surface area contributed by atoms with Crippen molar-refractivity contribution in [2.24, 2.45) is 5.73 Å². The molecule has 110 valence electrons. The zero-order valence-corrected chi connectivity index (χ0v) is 12.6. The van der Waals surface area contributed by atoms with Crippen LogP contribution in [0.2, 0.25) is 10.0 Å². The van der Waals surface area contributed by atoms with Crippen LogP contribution >= 0.6 is 23.2 Å². The molecule has 1 aliphatic carbocycles. The van der Waals surface area contributed by atoms with Gasteiger partial charge in [-0.2, -0.15) is 0 Å². The highest BCUT2D eigenvalue weighted by Crippen LogP contribution is 2.26. The molecule has 4 nitrogen and oxygen atoms in total. The van der Waals surface area contributed by atoms with Crippen molar-refractivity contribution in [1.82, 2.24) is 0 Å². The number of carbonyl (C=O) groups is 1. The molecule has 2 rings (SSSR count). The maximum Gasteiger partial charge on any atom is 0.411 e. The summed E-state index contributed by atoms with van der Waals surface area (Å²) in [6.07, 6.45) is 4.15. The summed E-state index contributed by atoms with van der Waals surface area (Å²) in [5.41, 5.74) is 6.46. The lowest BCUT2D eigenvalue weighted by Crippen LogP contribution is -2.38. The van der Waals surface area contributed by atoms with Crippen molar-refractivity contribution >= 4 is 35.0 Å². The molecule has 1 aliphatic rings. The molecule has 0 saturated heterocycles. The Kier molecular flexibility index (Phi) is 5.52. The van der Waals surface area contributed by atoms with Crippen LogP contribution in [0.5, 0.6) is 0 Å². The van der Waals surface area contributed by atoms with Crippen molar-refractivity contribution in [3.8, 4) is 0 Å². The molecule has 0 heterocycles. The molecule has 1 fully saturated rings. The molecule has 1 aromatic carbocycles. The number of halogens is 2. The second kappa shape index (κ2) is 7.16. The van der Waals surface area contributed by atoms with Crippen LogP contribution in [-0.2, 0) is 4.74 Å². The second-order valence-electron chi connectivity index (χ2n) is 4.99. The molecule has 1 saturated carbocycles. The zero-order valence-electron chi connectivity index (χ0n) is 11.1. The average molecular weight is 317 g/mol. The maximum absolute atomic E-state index is 11.9. The molecule has 20 heavy (non-hydrogen) atoms. The number of hydrogen-bond acceptors (Lipinski definition) is 3. The van der Waals surface area contributed by atoms with E-state index in [9.17, 15) is 4.79 Å². The predicted molar refractivity (Wildman–Crippen MR) is 81.4 cm³/mol. The van der Waals surface area contributed by atoms with E-state index in [1.54, 1.807) is 18.2 Å². The third-order valence-electron chi connectivity index (χ3n) is 3.43. The third kappa shape index (κ3) is 4.27. The van der Waals surface area contributed by atoms with Gasteiger partial charge in [-0.05, 0) is 37.5 Å². The molecule has 3 N–H and O–H groups in total. The number of benzene rings is 1. The van der Waals surface area contributed by atoms with Crippen molar-refractivity contribution in [2.75, 3.05) is 5.32 Å². The van der Waals surface area contributed by atoms with E-state index in [-0.39, 0.29) is 12.1 Å². The Balaban J connectivity index is 1.96. The topological polar surface area (TPSA) is 64.3 Å². The van der Waals surface area contributed by atoms with E-state index in [0.29, 0.717) is 15.7 Å². The molecule has 0 bridgehead atoms. The SMILES string of the molecule is NC1CCCCCC1OC(=O)Nc1cc(Cl)ccc1Cl. The Morgan fingerprint density at radius 1 is 1.25 bits per heavy atom. The van der Waals surface area contributed by atoms with E-state index < -0.39 is 6.09 Å². The number of ether oxygens (including phenoxy) is 1. The molecule has 2 atom stereocenters. The minimum absolute atomic E-state index is 0.0990. The van der Waals surface area contributed by atoms with Gasteiger partial charge < -0.3 is 10.5 Å². The van der Waals surface area contributed by atoms with Crippen molar-refractivity contribution in [1.29, 1.82) is 0 Å². The first-order chi connectivity index (χ1) is 9.56. The van der Waals surface area contributed by atoms with Crippen molar-refractivity contribution in [2.45, 2.75) is 44.2 Å². The van der Waals surface area contributed by atoms with Gasteiger partial charge in [0.15, 0.2) is 0 Å². The van der Waals surface area contributed by atoms with Crippen molar-refractivity contribution < 1.29 is 9.53 Å². The summed E-state index contributed by atoms with van der Waals surface area (Å²) >= 11 is 11.9. The summed E-state index contributed by atoms with van der Waals surface area (Å²) in [5.74, 6) is 0. The zero-order chi connectivity index (χ0) is 14.5. The fraction of sp³-hybridized carbons (Fsp3) is 0.500. The van der Waals surface area contributed by atoms with Gasteiger partial charge in [0.05, 0.1) is 10.7 Å². The minimum atomic E-state index is -0.545. The summed E-state index contributed by atoms with van der Waals surface area (Å²) in [7, 11) is 0. The lowest BCUT2D eigenvalue weighted by Gasteiger charge is -2.21. The lowest BCUT2D eigenvalue weighted by molar-refractivity contribution is 0.0899. The third-order valence-corrected chi connectivity index (χ3v) is 3.99. The molecular weight excluding hydrogens is 299 g/mol. The molecule has 0 aromatic heterocycles. The Hall–Kier alpha value is -0.970. The number of hydrogen-bond donors (Lipinski definition) is 2. The van der Waals surface area contributed by atoms with Gasteiger partial charge in [0.1, 0.15) is 6.10 Å². The van der Waals surface area contributed by atoms with Crippen LogP contribution in [0, 0.1) is 0 Å². The lowest BCUT2D eigenvalue weighted by atomic mass is 10.1. The Labute approximate surface area is 128 Å².